The minimum Gasteiger partial charge on any atom is -0.415 e. The zero-order chi connectivity index (χ0) is 22.8. The van der Waals surface area contributed by atoms with Crippen LogP contribution in [-0.4, -0.2) is 14.9 Å². The van der Waals surface area contributed by atoms with Crippen molar-refractivity contribution in [1.29, 1.82) is 0 Å². The van der Waals surface area contributed by atoms with Crippen molar-refractivity contribution >= 4 is 40.2 Å². The highest BCUT2D eigenvalue weighted by atomic mass is 79.9. The first-order valence-corrected chi connectivity index (χ1v) is 15.0. The van der Waals surface area contributed by atoms with Gasteiger partial charge in [-0.1, -0.05) is 95.1 Å². The topological polar surface area (TPSA) is 35.2 Å². The summed E-state index contributed by atoms with van der Waals surface area (Å²) in [5.74, 6) is 0. The zero-order valence-corrected chi connectivity index (χ0v) is 23.0. The zero-order valence-electron chi connectivity index (χ0n) is 18.9. The number of hydrogen-bond donors (Lipinski definition) is 1. The highest BCUT2D eigenvalue weighted by Crippen LogP contribution is 2.40. The fourth-order valence-corrected chi connectivity index (χ4v) is 5.21. The predicted octanol–water partition coefficient (Wildman–Crippen LogP) is 8.57. The third kappa shape index (κ3) is 5.77. The fraction of sp³-hybridized carbons (Fsp3) is 0.308. The molecule has 0 amide bonds. The molecular formula is C26H31Br2NOSi. The molecular weight excluding hydrogens is 530 g/mol. The predicted molar refractivity (Wildman–Crippen MR) is 143 cm³/mol. The molecule has 164 valence electrons. The van der Waals surface area contributed by atoms with E-state index in [9.17, 15) is 0 Å². The quantitative estimate of drug-likeness (QED) is 0.306. The molecule has 0 saturated carbocycles. The lowest BCUT2D eigenvalue weighted by molar-refractivity contribution is 0.265. The molecule has 31 heavy (non-hydrogen) atoms. The van der Waals surface area contributed by atoms with E-state index in [-0.39, 0.29) is 11.1 Å². The second kappa shape index (κ2) is 9.71. The summed E-state index contributed by atoms with van der Waals surface area (Å²) in [6.07, 6.45) is 0. The maximum Gasteiger partial charge on any atom is 0.192 e. The Morgan fingerprint density at radius 1 is 0.839 bits per heavy atom. The summed E-state index contributed by atoms with van der Waals surface area (Å²) < 4.78 is 8.64. The Morgan fingerprint density at radius 2 is 1.29 bits per heavy atom. The molecule has 3 aromatic rings. The number of halogens is 2. The highest BCUT2D eigenvalue weighted by Gasteiger charge is 2.37. The molecule has 2 nitrogen and oxygen atoms in total. The number of hydrogen-bond acceptors (Lipinski definition) is 2. The molecule has 0 aliphatic carbocycles. The molecule has 0 spiro atoms. The van der Waals surface area contributed by atoms with Crippen LogP contribution in [0.1, 0.15) is 32.4 Å². The molecule has 2 N–H and O–H groups in total. The van der Waals surface area contributed by atoms with Gasteiger partial charge in [-0.2, -0.15) is 0 Å². The van der Waals surface area contributed by atoms with E-state index in [0.717, 1.165) is 36.8 Å². The summed E-state index contributed by atoms with van der Waals surface area (Å²) in [7, 11) is -1.91. The second-order valence-corrected chi connectivity index (χ2v) is 16.1. The van der Waals surface area contributed by atoms with Crippen LogP contribution in [0, 0.1) is 0 Å². The molecule has 0 saturated heterocycles. The lowest BCUT2D eigenvalue weighted by atomic mass is 9.88. The van der Waals surface area contributed by atoms with Crippen LogP contribution >= 0.6 is 31.9 Å². The van der Waals surface area contributed by atoms with Gasteiger partial charge in [-0.15, -0.1) is 0 Å². The number of benzene rings is 3. The van der Waals surface area contributed by atoms with Crippen molar-refractivity contribution in [3.8, 4) is 22.3 Å². The lowest BCUT2D eigenvalue weighted by Crippen LogP contribution is -2.42. The first-order valence-electron chi connectivity index (χ1n) is 10.5. The van der Waals surface area contributed by atoms with Crippen LogP contribution in [0.4, 0.5) is 0 Å². The molecule has 1 atom stereocenters. The van der Waals surface area contributed by atoms with Crippen LogP contribution in [0.15, 0.2) is 75.7 Å². The molecule has 0 radical (unpaired) electrons. The molecule has 3 aromatic carbocycles. The first-order chi connectivity index (χ1) is 14.5. The summed E-state index contributed by atoms with van der Waals surface area (Å²) in [6.45, 7) is 11.8. The van der Waals surface area contributed by atoms with E-state index in [4.69, 9.17) is 10.2 Å². The summed E-state index contributed by atoms with van der Waals surface area (Å²) in [5.41, 5.74) is 12.6. The van der Waals surface area contributed by atoms with Crippen LogP contribution in [0.2, 0.25) is 18.1 Å². The highest BCUT2D eigenvalue weighted by molar-refractivity contribution is 9.10. The van der Waals surface area contributed by atoms with Gasteiger partial charge in [-0.25, -0.2) is 0 Å². The van der Waals surface area contributed by atoms with Crippen molar-refractivity contribution in [2.45, 2.75) is 44.9 Å². The van der Waals surface area contributed by atoms with Crippen molar-refractivity contribution in [2.75, 3.05) is 6.61 Å². The molecule has 0 aliphatic heterocycles. The second-order valence-electron chi connectivity index (χ2n) is 9.47. The summed E-state index contributed by atoms with van der Waals surface area (Å²) in [5, 5.41) is 0.143. The van der Waals surface area contributed by atoms with E-state index >= 15 is 0 Å². The molecule has 0 bridgehead atoms. The van der Waals surface area contributed by atoms with Gasteiger partial charge in [0.25, 0.3) is 0 Å². The average molecular weight is 561 g/mol. The van der Waals surface area contributed by atoms with E-state index in [1.54, 1.807) is 0 Å². The minimum absolute atomic E-state index is 0.143. The molecule has 0 aliphatic rings. The molecule has 1 unspecified atom stereocenters. The number of rotatable bonds is 6. The Labute approximate surface area is 204 Å². The molecule has 0 heterocycles. The molecule has 0 fully saturated rings. The van der Waals surface area contributed by atoms with Gasteiger partial charge < -0.3 is 10.2 Å². The van der Waals surface area contributed by atoms with Gasteiger partial charge in [-0.3, -0.25) is 0 Å². The van der Waals surface area contributed by atoms with Crippen molar-refractivity contribution in [3.05, 3.63) is 81.2 Å². The van der Waals surface area contributed by atoms with Crippen LogP contribution in [-0.2, 0) is 4.43 Å². The van der Waals surface area contributed by atoms with Crippen molar-refractivity contribution in [2.24, 2.45) is 5.73 Å². The van der Waals surface area contributed by atoms with E-state index in [0.29, 0.717) is 6.61 Å². The molecule has 5 heteroatoms. The van der Waals surface area contributed by atoms with Crippen LogP contribution < -0.4 is 5.73 Å². The Balaban J connectivity index is 2.11. The van der Waals surface area contributed by atoms with Gasteiger partial charge in [-0.05, 0) is 70.2 Å². The maximum atomic E-state index is 6.87. The Morgan fingerprint density at radius 3 is 1.71 bits per heavy atom. The molecule has 3 rings (SSSR count). The van der Waals surface area contributed by atoms with E-state index < -0.39 is 8.32 Å². The third-order valence-electron chi connectivity index (χ3n) is 6.18. The largest absolute Gasteiger partial charge is 0.415 e. The minimum atomic E-state index is -1.91. The van der Waals surface area contributed by atoms with Gasteiger partial charge in [0.2, 0.25) is 0 Å². The van der Waals surface area contributed by atoms with E-state index in [1.807, 2.05) is 12.1 Å². The lowest BCUT2D eigenvalue weighted by Gasteiger charge is -2.37. The van der Waals surface area contributed by atoms with E-state index in [1.165, 1.54) is 0 Å². The van der Waals surface area contributed by atoms with Crippen molar-refractivity contribution in [3.63, 3.8) is 0 Å². The summed E-state index contributed by atoms with van der Waals surface area (Å²) in [4.78, 5) is 0. The smallest absolute Gasteiger partial charge is 0.192 e. The Kier molecular flexibility index (Phi) is 7.65. The average Bonchev–Trinajstić information content (AvgIpc) is 2.70. The van der Waals surface area contributed by atoms with Gasteiger partial charge in [0, 0.05) is 8.95 Å². The van der Waals surface area contributed by atoms with Gasteiger partial charge in [0.05, 0.1) is 12.6 Å². The van der Waals surface area contributed by atoms with Crippen molar-refractivity contribution in [1.82, 2.24) is 0 Å². The van der Waals surface area contributed by atoms with Gasteiger partial charge in [0.15, 0.2) is 8.32 Å². The van der Waals surface area contributed by atoms with Gasteiger partial charge >= 0.3 is 0 Å². The van der Waals surface area contributed by atoms with Gasteiger partial charge in [0.1, 0.15) is 0 Å². The Hall–Kier alpha value is -1.24. The summed E-state index contributed by atoms with van der Waals surface area (Å²) >= 11 is 7.23. The molecule has 0 aromatic heterocycles. The van der Waals surface area contributed by atoms with Crippen LogP contribution in [0.5, 0.6) is 0 Å². The monoisotopic (exact) mass is 559 g/mol. The van der Waals surface area contributed by atoms with Crippen LogP contribution in [0.3, 0.4) is 0 Å². The van der Waals surface area contributed by atoms with E-state index in [2.05, 4.69) is 120 Å². The third-order valence-corrected chi connectivity index (χ3v) is 11.7. The van der Waals surface area contributed by atoms with Crippen LogP contribution in [0.25, 0.3) is 22.3 Å². The Bertz CT molecular complexity index is 996. The normalized spacial score (nSPS) is 13.3. The first kappa shape index (κ1) is 24.4. The SMILES string of the molecule is CC(C)(C)[Si](C)(C)OCC(N)c1c(-c2cccc(Br)c2)cccc1-c1cccc(Br)c1. The summed E-state index contributed by atoms with van der Waals surface area (Å²) in [6, 6.07) is 23.0. The number of nitrogens with two attached hydrogens (primary N) is 1. The van der Waals surface area contributed by atoms with Crippen molar-refractivity contribution < 1.29 is 4.43 Å². The maximum absolute atomic E-state index is 6.87. The standard InChI is InChI=1S/C26H31Br2NOSi/c1-26(2,3)31(4,5)30-17-24(29)25-22(18-9-6-11-20(27)15-18)13-8-14-23(25)19-10-7-12-21(28)16-19/h6-16,24H,17,29H2,1-5H3. The fourth-order valence-electron chi connectivity index (χ4n) is 3.38.